The van der Waals surface area contributed by atoms with Crippen LogP contribution in [0, 0.1) is 0 Å². The molecule has 3 heterocycles. The molecule has 0 atom stereocenters. The maximum absolute atomic E-state index is 6.36. The Morgan fingerprint density at radius 2 is 0.578 bits per heavy atom. The number of anilines is 3. The third kappa shape index (κ3) is 5.99. The molecule has 0 spiro atoms. The molecule has 0 amide bonds. The zero-order chi connectivity index (χ0) is 42.1. The minimum absolute atomic E-state index is 0.891. The molecule has 10 aromatic carbocycles. The maximum Gasteiger partial charge on any atom is 0.143 e. The molecule has 3 aromatic heterocycles. The molecule has 64 heavy (non-hydrogen) atoms. The highest BCUT2D eigenvalue weighted by Crippen LogP contribution is 2.41. The van der Waals surface area contributed by atoms with Crippen molar-refractivity contribution in [1.82, 2.24) is 0 Å². The van der Waals surface area contributed by atoms with Gasteiger partial charge >= 0.3 is 0 Å². The van der Waals surface area contributed by atoms with Crippen LogP contribution in [0.3, 0.4) is 0 Å². The summed E-state index contributed by atoms with van der Waals surface area (Å²) in [5, 5.41) is 6.80. The van der Waals surface area contributed by atoms with E-state index >= 15 is 0 Å². The van der Waals surface area contributed by atoms with Gasteiger partial charge in [0.2, 0.25) is 0 Å². The summed E-state index contributed by atoms with van der Waals surface area (Å²) in [4.78, 5) is 2.32. The Hall–Kier alpha value is -8.60. The first kappa shape index (κ1) is 36.1. The van der Waals surface area contributed by atoms with Crippen molar-refractivity contribution in [2.45, 2.75) is 0 Å². The van der Waals surface area contributed by atoms with Gasteiger partial charge in [0.1, 0.15) is 33.5 Å². The first-order chi connectivity index (χ1) is 31.7. The van der Waals surface area contributed by atoms with Gasteiger partial charge in [-0.25, -0.2) is 0 Å². The van der Waals surface area contributed by atoms with Gasteiger partial charge in [-0.2, -0.15) is 0 Å². The van der Waals surface area contributed by atoms with E-state index in [2.05, 4.69) is 193 Å². The van der Waals surface area contributed by atoms with Crippen molar-refractivity contribution in [2.24, 2.45) is 0 Å². The average molecular weight is 820 g/mol. The molecule has 0 fully saturated rings. The van der Waals surface area contributed by atoms with Crippen molar-refractivity contribution >= 4 is 82.9 Å². The van der Waals surface area contributed by atoms with Crippen molar-refractivity contribution in [3.63, 3.8) is 0 Å². The predicted octanol–water partition coefficient (Wildman–Crippen LogP) is 17.5. The van der Waals surface area contributed by atoms with Crippen molar-refractivity contribution in [1.29, 1.82) is 0 Å². The molecule has 0 aliphatic carbocycles. The van der Waals surface area contributed by atoms with E-state index in [1.165, 1.54) is 0 Å². The van der Waals surface area contributed by atoms with Crippen LogP contribution in [0.4, 0.5) is 17.1 Å². The van der Waals surface area contributed by atoms with E-state index in [0.717, 1.165) is 127 Å². The lowest BCUT2D eigenvalue weighted by Crippen LogP contribution is -2.09. The lowest BCUT2D eigenvalue weighted by molar-refractivity contribution is 0.668. The van der Waals surface area contributed by atoms with E-state index in [0.29, 0.717) is 0 Å². The predicted molar refractivity (Wildman–Crippen MR) is 265 cm³/mol. The van der Waals surface area contributed by atoms with Crippen LogP contribution >= 0.6 is 0 Å². The SMILES string of the molecule is c1ccc2c(c1)oc1cc(-c3ccc(N(c4ccc(-c5ccc(-c6cccc7c6oc6ccccc67)cc5)cc4)c4ccc(-c5ccc6c(c5)oc5ccccc56)cc4)cc3)ccc12. The number of hydrogen-bond acceptors (Lipinski definition) is 4. The van der Waals surface area contributed by atoms with Gasteiger partial charge in [0, 0.05) is 54.9 Å². The Bertz CT molecular complexity index is 3710. The van der Waals surface area contributed by atoms with Gasteiger partial charge in [-0.15, -0.1) is 0 Å². The van der Waals surface area contributed by atoms with Gasteiger partial charge in [-0.3, -0.25) is 0 Å². The van der Waals surface area contributed by atoms with E-state index in [-0.39, 0.29) is 0 Å². The van der Waals surface area contributed by atoms with Crippen LogP contribution < -0.4 is 4.90 Å². The first-order valence-electron chi connectivity index (χ1n) is 21.6. The minimum Gasteiger partial charge on any atom is -0.456 e. The zero-order valence-corrected chi connectivity index (χ0v) is 34.5. The fourth-order valence-electron chi connectivity index (χ4n) is 9.48. The molecular formula is C60H37NO3. The van der Waals surface area contributed by atoms with E-state index < -0.39 is 0 Å². The van der Waals surface area contributed by atoms with E-state index in [1.54, 1.807) is 0 Å². The Labute approximate surface area is 368 Å². The normalized spacial score (nSPS) is 11.8. The van der Waals surface area contributed by atoms with Crippen LogP contribution in [0.25, 0.3) is 110 Å². The third-order valence-corrected chi connectivity index (χ3v) is 12.7. The highest BCUT2D eigenvalue weighted by molar-refractivity contribution is 6.10. The summed E-state index contributed by atoms with van der Waals surface area (Å²) < 4.78 is 18.8. The summed E-state index contributed by atoms with van der Waals surface area (Å²) in [5.41, 5.74) is 17.6. The lowest BCUT2D eigenvalue weighted by Gasteiger charge is -2.26. The maximum atomic E-state index is 6.36. The number of benzene rings is 10. The van der Waals surface area contributed by atoms with Gasteiger partial charge in [-0.05, 0) is 118 Å². The number of nitrogens with zero attached hydrogens (tertiary/aromatic N) is 1. The van der Waals surface area contributed by atoms with Crippen LogP contribution in [0.2, 0.25) is 0 Å². The van der Waals surface area contributed by atoms with Crippen LogP contribution in [0.5, 0.6) is 0 Å². The monoisotopic (exact) mass is 819 g/mol. The molecule has 13 rings (SSSR count). The number of rotatable bonds is 7. The van der Waals surface area contributed by atoms with Crippen LogP contribution in [-0.4, -0.2) is 0 Å². The highest BCUT2D eigenvalue weighted by atomic mass is 16.3. The van der Waals surface area contributed by atoms with E-state index in [1.807, 2.05) is 36.4 Å². The van der Waals surface area contributed by atoms with Gasteiger partial charge in [0.15, 0.2) is 0 Å². The highest BCUT2D eigenvalue weighted by Gasteiger charge is 2.17. The molecule has 0 aliphatic heterocycles. The third-order valence-electron chi connectivity index (χ3n) is 12.7. The number of para-hydroxylation sites is 4. The molecule has 0 N–H and O–H groups in total. The summed E-state index contributed by atoms with van der Waals surface area (Å²) in [6.45, 7) is 0. The second kappa shape index (κ2) is 14.5. The smallest absolute Gasteiger partial charge is 0.143 e. The van der Waals surface area contributed by atoms with Crippen LogP contribution in [0.1, 0.15) is 0 Å². The Morgan fingerprint density at radius 1 is 0.234 bits per heavy atom. The molecule has 0 unspecified atom stereocenters. The first-order valence-corrected chi connectivity index (χ1v) is 21.6. The molecule has 0 saturated heterocycles. The van der Waals surface area contributed by atoms with Gasteiger partial charge in [-0.1, -0.05) is 146 Å². The van der Waals surface area contributed by atoms with Crippen LogP contribution in [-0.2, 0) is 0 Å². The molecule has 0 saturated carbocycles. The van der Waals surface area contributed by atoms with Crippen molar-refractivity contribution < 1.29 is 13.3 Å². The Balaban J connectivity index is 0.840. The van der Waals surface area contributed by atoms with Gasteiger partial charge in [0.25, 0.3) is 0 Å². The number of furan rings is 3. The molecule has 0 aliphatic rings. The molecule has 0 bridgehead atoms. The molecular weight excluding hydrogens is 783 g/mol. The van der Waals surface area contributed by atoms with Crippen molar-refractivity contribution in [3.05, 3.63) is 224 Å². The molecule has 0 radical (unpaired) electrons. The molecule has 4 nitrogen and oxygen atoms in total. The quantitative estimate of drug-likeness (QED) is 0.161. The molecule has 13 aromatic rings. The summed E-state index contributed by atoms with van der Waals surface area (Å²) >= 11 is 0. The molecule has 4 heteroatoms. The number of hydrogen-bond donors (Lipinski definition) is 0. The zero-order valence-electron chi connectivity index (χ0n) is 34.5. The van der Waals surface area contributed by atoms with Crippen LogP contribution in [0.15, 0.2) is 238 Å². The largest absolute Gasteiger partial charge is 0.456 e. The Morgan fingerprint density at radius 3 is 1.06 bits per heavy atom. The van der Waals surface area contributed by atoms with E-state index in [9.17, 15) is 0 Å². The van der Waals surface area contributed by atoms with Crippen molar-refractivity contribution in [3.8, 4) is 44.5 Å². The summed E-state index contributed by atoms with van der Waals surface area (Å²) in [6.07, 6.45) is 0. The van der Waals surface area contributed by atoms with Gasteiger partial charge in [0.05, 0.1) is 0 Å². The average Bonchev–Trinajstić information content (AvgIpc) is 4.06. The van der Waals surface area contributed by atoms with Crippen molar-refractivity contribution in [2.75, 3.05) is 4.90 Å². The standard InChI is InChI=1S/C60H37NO3/c1-4-13-55-49(8-1)52-34-26-43(36-58(52)62-55)40-22-30-46(31-23-40)61(47-32-24-41(25-33-47)44-27-35-53-50-9-2-5-14-56(50)63-59(53)37-44)45-28-20-39(21-29-45)38-16-18-42(19-17-38)48-11-7-12-54-51-10-3-6-15-57(51)64-60(48)54/h1-37H. The lowest BCUT2D eigenvalue weighted by atomic mass is 9.98. The van der Waals surface area contributed by atoms with Gasteiger partial charge < -0.3 is 18.2 Å². The number of fused-ring (bicyclic) bond motifs is 9. The fraction of sp³-hybridized carbons (Fsp3) is 0. The second-order valence-electron chi connectivity index (χ2n) is 16.5. The summed E-state index contributed by atoms with van der Waals surface area (Å²) in [6, 6.07) is 79.3. The van der Waals surface area contributed by atoms with E-state index in [4.69, 9.17) is 13.3 Å². The minimum atomic E-state index is 0.891. The summed E-state index contributed by atoms with van der Waals surface area (Å²) in [7, 11) is 0. The fourth-order valence-corrected chi connectivity index (χ4v) is 9.48. The second-order valence-corrected chi connectivity index (χ2v) is 16.5. The Kier molecular flexibility index (Phi) is 8.18. The molecule has 300 valence electrons. The topological polar surface area (TPSA) is 42.7 Å². The summed E-state index contributed by atoms with van der Waals surface area (Å²) in [5.74, 6) is 0.